The Morgan fingerprint density at radius 3 is 2.63 bits per heavy atom. The van der Waals surface area contributed by atoms with Crippen LogP contribution < -0.4 is 5.32 Å². The normalized spacial score (nSPS) is 15.2. The zero-order valence-electron chi connectivity index (χ0n) is 26.3. The van der Waals surface area contributed by atoms with Gasteiger partial charge in [0.2, 0.25) is 0 Å². The van der Waals surface area contributed by atoms with Gasteiger partial charge in [0.25, 0.3) is 0 Å². The van der Waals surface area contributed by atoms with Crippen molar-refractivity contribution in [2.24, 2.45) is 0 Å². The molecule has 1 aliphatic heterocycles. The van der Waals surface area contributed by atoms with Crippen molar-refractivity contribution < 1.29 is 15.0 Å². The highest BCUT2D eigenvalue weighted by molar-refractivity contribution is 7.16. The van der Waals surface area contributed by atoms with Crippen LogP contribution in [0.3, 0.4) is 0 Å². The first-order valence-corrected chi connectivity index (χ1v) is 16.2. The summed E-state index contributed by atoms with van der Waals surface area (Å²) in [6.45, 7) is 7.11. The van der Waals surface area contributed by atoms with Crippen molar-refractivity contribution in [1.29, 1.82) is 0 Å². The summed E-state index contributed by atoms with van der Waals surface area (Å²) in [6, 6.07) is 16.5. The maximum Gasteiger partial charge on any atom is 0.169 e. The zero-order chi connectivity index (χ0) is 32.2. The van der Waals surface area contributed by atoms with Gasteiger partial charge in [-0.05, 0) is 72.4 Å². The lowest BCUT2D eigenvalue weighted by atomic mass is 9.93. The number of carbonyl (C=O) groups is 1. The Hall–Kier alpha value is -4.48. The molecule has 3 N–H and O–H groups in total. The summed E-state index contributed by atoms with van der Waals surface area (Å²) in [5, 5.41) is 24.4. The number of fused-ring (bicyclic) bond motifs is 1. The molecule has 1 fully saturated rings. The highest BCUT2D eigenvalue weighted by Crippen LogP contribution is 2.38. The minimum atomic E-state index is -0.243. The molecule has 0 spiro atoms. The van der Waals surface area contributed by atoms with E-state index in [2.05, 4.69) is 58.3 Å². The topological polar surface area (TPSA) is 115 Å². The summed E-state index contributed by atoms with van der Waals surface area (Å²) < 4.78 is 0. The number of nitrogens with zero attached hydrogens (tertiary/aromatic N) is 5. The van der Waals surface area contributed by atoms with E-state index >= 15 is 0 Å². The molecule has 1 unspecified atom stereocenters. The van der Waals surface area contributed by atoms with Crippen molar-refractivity contribution >= 4 is 46.1 Å². The Labute approximate surface area is 272 Å². The van der Waals surface area contributed by atoms with Crippen LogP contribution in [0.25, 0.3) is 38.7 Å². The molecule has 4 heterocycles. The number of carbonyl (C=O) groups excluding carboxylic acids is 1. The lowest BCUT2D eigenvalue weighted by molar-refractivity contribution is 0.111. The molecule has 0 saturated carbocycles. The summed E-state index contributed by atoms with van der Waals surface area (Å²) in [6.07, 6.45) is 8.79. The molecular formula is C36H38N6O3S. The largest absolute Gasteiger partial charge is 0.395 e. The minimum absolute atomic E-state index is 0.0552. The van der Waals surface area contributed by atoms with Gasteiger partial charge in [0.05, 0.1) is 17.6 Å². The average Bonchev–Trinajstić information content (AvgIpc) is 3.66. The summed E-state index contributed by atoms with van der Waals surface area (Å²) in [5.74, 6) is 0.695. The Kier molecular flexibility index (Phi) is 9.51. The fourth-order valence-corrected chi connectivity index (χ4v) is 6.95. The molecule has 10 heteroatoms. The number of aliphatic hydroxyl groups excluding tert-OH is 2. The smallest absolute Gasteiger partial charge is 0.169 e. The lowest BCUT2D eigenvalue weighted by Crippen LogP contribution is -2.21. The van der Waals surface area contributed by atoms with Crippen molar-refractivity contribution in [2.45, 2.75) is 32.9 Å². The van der Waals surface area contributed by atoms with E-state index in [1.807, 2.05) is 54.7 Å². The monoisotopic (exact) mass is 634 g/mol. The zero-order valence-corrected chi connectivity index (χ0v) is 27.1. The Bertz CT molecular complexity index is 1900. The van der Waals surface area contributed by atoms with Gasteiger partial charge in [-0.1, -0.05) is 30.3 Å². The van der Waals surface area contributed by atoms with Crippen LogP contribution in [0.1, 0.15) is 38.5 Å². The standard InChI is InChI=1S/C36H38N6O3S/c1-23-28(6-4-8-30(23)36-40-32(22-44)33(46-36)12-14-41(3)16-17-43)29-7-5-9-31(24(29)2)39-35-34-26(10-13-37-35)18-25(19-38-34)20-42-15-11-27(45)21-42/h4-10,12-14,18-19,22,27,43,45H,11,15-17,20-21H2,1-3H3,(H,37,39)/b14-12-. The Morgan fingerprint density at radius 1 is 1.09 bits per heavy atom. The predicted molar refractivity (Wildman–Crippen MR) is 185 cm³/mol. The molecule has 9 nitrogen and oxygen atoms in total. The number of β-amino-alcohol motifs (C(OH)–C–C–N with tert-alkyl or cyclic N) is 1. The molecular weight excluding hydrogens is 597 g/mol. The molecule has 0 aliphatic carbocycles. The highest BCUT2D eigenvalue weighted by atomic mass is 32.1. The quantitative estimate of drug-likeness (QED) is 0.149. The Balaban J connectivity index is 1.28. The first-order chi connectivity index (χ1) is 22.3. The van der Waals surface area contributed by atoms with E-state index in [1.54, 1.807) is 6.20 Å². The molecule has 2 aromatic carbocycles. The second-order valence-electron chi connectivity index (χ2n) is 11.7. The van der Waals surface area contributed by atoms with Crippen LogP contribution in [0.5, 0.6) is 0 Å². The van der Waals surface area contributed by atoms with E-state index in [1.165, 1.54) is 11.3 Å². The summed E-state index contributed by atoms with van der Waals surface area (Å²) in [5.41, 5.74) is 8.57. The molecule has 3 aromatic heterocycles. The maximum absolute atomic E-state index is 11.9. The number of rotatable bonds is 11. The van der Waals surface area contributed by atoms with Crippen molar-refractivity contribution in [3.63, 3.8) is 0 Å². The molecule has 236 valence electrons. The van der Waals surface area contributed by atoms with Gasteiger partial charge >= 0.3 is 0 Å². The van der Waals surface area contributed by atoms with E-state index in [0.717, 1.165) is 85.7 Å². The molecule has 1 saturated heterocycles. The van der Waals surface area contributed by atoms with Crippen molar-refractivity contribution in [3.05, 3.63) is 94.4 Å². The number of thiazole rings is 1. The van der Waals surface area contributed by atoms with Crippen LogP contribution in [0.15, 0.2) is 67.1 Å². The van der Waals surface area contributed by atoms with Gasteiger partial charge in [-0.2, -0.15) is 0 Å². The van der Waals surface area contributed by atoms with E-state index in [9.17, 15) is 15.0 Å². The molecule has 0 bridgehead atoms. The third-order valence-electron chi connectivity index (χ3n) is 8.48. The van der Waals surface area contributed by atoms with Crippen LogP contribution in [0, 0.1) is 13.8 Å². The number of aliphatic hydroxyl groups is 2. The van der Waals surface area contributed by atoms with Crippen LogP contribution in [0.4, 0.5) is 11.5 Å². The molecule has 6 rings (SSSR count). The van der Waals surface area contributed by atoms with Gasteiger partial charge in [0.1, 0.15) is 16.2 Å². The maximum atomic E-state index is 11.9. The Morgan fingerprint density at radius 2 is 1.87 bits per heavy atom. The van der Waals surface area contributed by atoms with Gasteiger partial charge in [-0.3, -0.25) is 14.7 Å². The first kappa shape index (κ1) is 31.5. The number of aromatic nitrogens is 3. The second kappa shape index (κ2) is 13.9. The summed E-state index contributed by atoms with van der Waals surface area (Å²) >= 11 is 1.48. The highest BCUT2D eigenvalue weighted by Gasteiger charge is 2.21. The number of aldehydes is 1. The van der Waals surface area contributed by atoms with E-state index in [-0.39, 0.29) is 12.7 Å². The van der Waals surface area contributed by atoms with Gasteiger partial charge in [-0.15, -0.1) is 11.3 Å². The van der Waals surface area contributed by atoms with Crippen LogP contribution >= 0.6 is 11.3 Å². The molecule has 46 heavy (non-hydrogen) atoms. The van der Waals surface area contributed by atoms with E-state index in [0.29, 0.717) is 24.6 Å². The summed E-state index contributed by atoms with van der Waals surface area (Å²) in [4.78, 5) is 30.9. The number of hydrogen-bond acceptors (Lipinski definition) is 10. The SMILES string of the molecule is Cc1c(Nc2nccc3cc(CN4CCC(O)C4)cnc23)cccc1-c1cccc(-c2nc(C=O)c(/C=C\N(C)CCO)s2)c1C. The van der Waals surface area contributed by atoms with E-state index < -0.39 is 0 Å². The number of benzene rings is 2. The molecule has 0 amide bonds. The fourth-order valence-electron chi connectivity index (χ4n) is 5.94. The third-order valence-corrected chi connectivity index (χ3v) is 9.55. The summed E-state index contributed by atoms with van der Waals surface area (Å²) in [7, 11) is 1.88. The molecule has 1 aliphatic rings. The number of anilines is 2. The number of likely N-dealkylation sites (tertiary alicyclic amines) is 1. The van der Waals surface area contributed by atoms with Gasteiger partial charge in [0, 0.05) is 68.5 Å². The van der Waals surface area contributed by atoms with Crippen molar-refractivity contribution in [2.75, 3.05) is 38.6 Å². The molecule has 5 aromatic rings. The van der Waals surface area contributed by atoms with Crippen molar-refractivity contribution in [1.82, 2.24) is 24.8 Å². The minimum Gasteiger partial charge on any atom is -0.395 e. The average molecular weight is 635 g/mol. The van der Waals surface area contributed by atoms with Gasteiger partial charge in [0.15, 0.2) is 12.1 Å². The first-order valence-electron chi connectivity index (χ1n) is 15.4. The van der Waals surface area contributed by atoms with Gasteiger partial charge in [-0.25, -0.2) is 9.97 Å². The lowest BCUT2D eigenvalue weighted by Gasteiger charge is -2.17. The third kappa shape index (κ3) is 6.70. The van der Waals surface area contributed by atoms with Gasteiger partial charge < -0.3 is 20.4 Å². The molecule has 1 atom stereocenters. The number of hydrogen-bond donors (Lipinski definition) is 3. The van der Waals surface area contributed by atoms with Crippen molar-refractivity contribution in [3.8, 4) is 21.7 Å². The van der Waals surface area contributed by atoms with Crippen LogP contribution in [-0.4, -0.2) is 80.6 Å². The van der Waals surface area contributed by atoms with E-state index in [4.69, 9.17) is 4.98 Å². The predicted octanol–water partition coefficient (Wildman–Crippen LogP) is 6.05. The number of pyridine rings is 2. The molecule has 0 radical (unpaired) electrons. The fraction of sp³-hybridized carbons (Fsp3) is 0.278. The van der Waals surface area contributed by atoms with Crippen LogP contribution in [-0.2, 0) is 6.54 Å². The second-order valence-corrected chi connectivity index (χ2v) is 12.8. The van der Waals surface area contributed by atoms with Crippen LogP contribution in [0.2, 0.25) is 0 Å². The number of likely N-dealkylation sites (N-methyl/N-ethyl adjacent to an activating group) is 1. The number of nitrogens with one attached hydrogen (secondary N) is 1.